The third-order valence-corrected chi connectivity index (χ3v) is 6.96. The van der Waals surface area contributed by atoms with E-state index in [1.54, 1.807) is 0 Å². The fraction of sp³-hybridized carbons (Fsp3) is 0.600. The van der Waals surface area contributed by atoms with Gasteiger partial charge in [0, 0.05) is 32.4 Å². The average Bonchev–Trinajstić information content (AvgIpc) is 2.46. The molecule has 20 heavy (non-hydrogen) atoms. The van der Waals surface area contributed by atoms with Crippen molar-refractivity contribution in [2.45, 2.75) is 38.5 Å². The summed E-state index contributed by atoms with van der Waals surface area (Å²) in [7, 11) is 3.41. The number of rotatable bonds is 6. The van der Waals surface area contributed by atoms with Gasteiger partial charge in [0.05, 0.1) is 15.8 Å². The van der Waals surface area contributed by atoms with Crippen LogP contribution in [0.4, 0.5) is 0 Å². The Kier molecular flexibility index (Phi) is 7.82. The minimum Gasteiger partial charge on any atom is -0.305 e. The molecule has 112 valence electrons. The van der Waals surface area contributed by atoms with Crippen LogP contribution < -0.4 is 0 Å². The summed E-state index contributed by atoms with van der Waals surface area (Å²) in [6, 6.07) is 9.05. The molecule has 0 spiro atoms. The lowest BCUT2D eigenvalue weighted by atomic mass is 9.70. The van der Waals surface area contributed by atoms with E-state index in [0.717, 1.165) is 12.5 Å². The molecule has 5 heteroatoms. The maximum atomic E-state index is 5.68. The zero-order chi connectivity index (χ0) is 14.4. The summed E-state index contributed by atoms with van der Waals surface area (Å²) >= 11 is 4.65. The lowest BCUT2D eigenvalue weighted by Gasteiger charge is -2.39. The van der Waals surface area contributed by atoms with Crippen molar-refractivity contribution in [1.29, 1.82) is 0 Å². The highest BCUT2D eigenvalue weighted by atomic mass is 127. The molecule has 0 heterocycles. The molecule has 0 radical (unpaired) electrons. The van der Waals surface area contributed by atoms with Gasteiger partial charge in [-0.05, 0) is 65.3 Å². The van der Waals surface area contributed by atoms with Gasteiger partial charge in [0.1, 0.15) is 0 Å². The van der Waals surface area contributed by atoms with Crippen molar-refractivity contribution in [1.82, 2.24) is 0 Å². The number of benzene rings is 1. The van der Waals surface area contributed by atoms with Gasteiger partial charge in [0.2, 0.25) is 0 Å². The molecular weight excluding hydrogens is 514 g/mol. The van der Waals surface area contributed by atoms with Gasteiger partial charge in [-0.25, -0.2) is 0 Å². The minimum absolute atomic E-state index is 0.393. The Morgan fingerprint density at radius 1 is 1.30 bits per heavy atom. The average molecular weight is 534 g/mol. The third kappa shape index (κ3) is 4.93. The van der Waals surface area contributed by atoms with Crippen LogP contribution in [0.5, 0.6) is 0 Å². The molecule has 1 aliphatic rings. The van der Waals surface area contributed by atoms with Crippen LogP contribution in [-0.2, 0) is 4.18 Å². The molecule has 2 rings (SSSR count). The van der Waals surface area contributed by atoms with Crippen LogP contribution in [0.1, 0.15) is 42.7 Å². The molecule has 1 aromatic rings. The lowest BCUT2D eigenvalue weighted by Crippen LogP contribution is -2.33. The van der Waals surface area contributed by atoms with Gasteiger partial charge in [-0.2, -0.15) is 0 Å². The molecule has 1 nitrogen and oxygen atoms in total. The van der Waals surface area contributed by atoms with Crippen molar-refractivity contribution < 1.29 is 4.18 Å². The summed E-state index contributed by atoms with van der Waals surface area (Å²) in [5.41, 5.74) is 3.31. The van der Waals surface area contributed by atoms with Crippen LogP contribution in [0.25, 0.3) is 0 Å². The van der Waals surface area contributed by atoms with E-state index in [9.17, 15) is 0 Å². The fourth-order valence-electron chi connectivity index (χ4n) is 3.08. The Morgan fingerprint density at radius 3 is 2.65 bits per heavy atom. The Balaban J connectivity index is 1.98. The van der Waals surface area contributed by atoms with Gasteiger partial charge in [0.25, 0.3) is 0 Å². The van der Waals surface area contributed by atoms with Crippen molar-refractivity contribution >= 4 is 60.6 Å². The summed E-state index contributed by atoms with van der Waals surface area (Å²) < 4.78 is 5.68. The smallest absolute Gasteiger partial charge is 0.0687 e. The monoisotopic (exact) mass is 534 g/mol. The highest BCUT2D eigenvalue weighted by molar-refractivity contribution is 14.2. The SMILES string of the molecule is Cc1cccc(C2CCC(COSI)(CSI)CC2)c1. The molecule has 0 aromatic heterocycles. The largest absolute Gasteiger partial charge is 0.305 e. The van der Waals surface area contributed by atoms with E-state index >= 15 is 0 Å². The number of hydrogen-bond acceptors (Lipinski definition) is 3. The zero-order valence-electron chi connectivity index (χ0n) is 11.6. The molecule has 0 N–H and O–H groups in total. The van der Waals surface area contributed by atoms with Crippen LogP contribution in [0.15, 0.2) is 24.3 Å². The van der Waals surface area contributed by atoms with E-state index in [4.69, 9.17) is 4.18 Å². The minimum atomic E-state index is 0.393. The Morgan fingerprint density at radius 2 is 2.05 bits per heavy atom. The van der Waals surface area contributed by atoms with Gasteiger partial charge >= 0.3 is 0 Å². The van der Waals surface area contributed by atoms with Gasteiger partial charge in [0.15, 0.2) is 0 Å². The highest BCUT2D eigenvalue weighted by Gasteiger charge is 2.36. The number of aryl methyl sites for hydroxylation is 1. The molecule has 1 aromatic carbocycles. The van der Waals surface area contributed by atoms with Crippen molar-refractivity contribution in [3.05, 3.63) is 35.4 Å². The van der Waals surface area contributed by atoms with Crippen LogP contribution in [-0.4, -0.2) is 12.4 Å². The quantitative estimate of drug-likeness (QED) is 0.296. The first-order chi connectivity index (χ1) is 9.69. The van der Waals surface area contributed by atoms with E-state index in [0.29, 0.717) is 5.41 Å². The van der Waals surface area contributed by atoms with E-state index in [1.807, 2.05) is 8.93 Å². The molecule has 1 fully saturated rings. The molecular formula is C15H20I2OS2. The standard InChI is InChI=1S/C15H20I2OS2/c1-12-3-2-4-14(9-12)13-5-7-15(8-6-13,11-19-16)10-18-20-17/h2-4,9,13H,5-8,10-11H2,1H3. The Bertz CT molecular complexity index is 420. The molecule has 0 aliphatic heterocycles. The van der Waals surface area contributed by atoms with E-state index in [-0.39, 0.29) is 0 Å². The lowest BCUT2D eigenvalue weighted by molar-refractivity contribution is 0.129. The first-order valence-corrected chi connectivity index (χ1v) is 13.7. The maximum absolute atomic E-state index is 5.68. The molecule has 0 bridgehead atoms. The normalized spacial score (nSPS) is 26.6. The Hall–Kier alpha value is 1.34. The van der Waals surface area contributed by atoms with Gasteiger partial charge in [-0.15, -0.1) is 0 Å². The van der Waals surface area contributed by atoms with Crippen molar-refractivity contribution in [2.75, 3.05) is 12.4 Å². The predicted molar refractivity (Wildman–Crippen MR) is 109 cm³/mol. The summed E-state index contributed by atoms with van der Waals surface area (Å²) in [5, 5.41) is 0. The maximum Gasteiger partial charge on any atom is 0.0687 e. The van der Waals surface area contributed by atoms with Gasteiger partial charge in [-0.1, -0.05) is 38.8 Å². The van der Waals surface area contributed by atoms with Crippen LogP contribution in [0.3, 0.4) is 0 Å². The highest BCUT2D eigenvalue weighted by Crippen LogP contribution is 2.46. The summed E-state index contributed by atoms with van der Waals surface area (Å²) in [4.78, 5) is 0. The zero-order valence-corrected chi connectivity index (χ0v) is 17.6. The first kappa shape index (κ1) is 17.7. The molecule has 0 amide bonds. The first-order valence-electron chi connectivity index (χ1n) is 6.89. The predicted octanol–water partition coefficient (Wildman–Crippen LogP) is 6.74. The second-order valence-corrected chi connectivity index (χ2v) is 9.58. The van der Waals surface area contributed by atoms with E-state index in [2.05, 4.69) is 73.6 Å². The van der Waals surface area contributed by atoms with Gasteiger partial charge in [-0.3, -0.25) is 0 Å². The second-order valence-electron chi connectivity index (χ2n) is 5.77. The number of halogens is 2. The van der Waals surface area contributed by atoms with Crippen LogP contribution >= 0.6 is 60.6 Å². The summed E-state index contributed by atoms with van der Waals surface area (Å²) in [6.07, 6.45) is 5.18. The molecule has 0 unspecified atom stereocenters. The molecule has 0 saturated heterocycles. The molecule has 0 atom stereocenters. The molecule has 1 aliphatic carbocycles. The molecule has 1 saturated carbocycles. The Labute approximate surface area is 155 Å². The topological polar surface area (TPSA) is 9.23 Å². The van der Waals surface area contributed by atoms with E-state index < -0.39 is 0 Å². The second kappa shape index (κ2) is 8.84. The van der Waals surface area contributed by atoms with E-state index in [1.165, 1.54) is 51.8 Å². The van der Waals surface area contributed by atoms with Crippen molar-refractivity contribution in [2.24, 2.45) is 5.41 Å². The van der Waals surface area contributed by atoms with Gasteiger partial charge < -0.3 is 4.18 Å². The van der Waals surface area contributed by atoms with Crippen LogP contribution in [0, 0.1) is 12.3 Å². The number of hydrogen-bond donors (Lipinski definition) is 0. The van der Waals surface area contributed by atoms with Crippen LogP contribution in [0.2, 0.25) is 0 Å². The fourth-order valence-corrected chi connectivity index (χ4v) is 6.34. The third-order valence-electron chi connectivity index (χ3n) is 4.33. The van der Waals surface area contributed by atoms with Crippen molar-refractivity contribution in [3.63, 3.8) is 0 Å². The summed E-state index contributed by atoms with van der Waals surface area (Å²) in [6.45, 7) is 3.09. The summed E-state index contributed by atoms with van der Waals surface area (Å²) in [5.74, 6) is 1.96. The van der Waals surface area contributed by atoms with Crippen molar-refractivity contribution in [3.8, 4) is 0 Å².